The van der Waals surface area contributed by atoms with Crippen molar-refractivity contribution < 1.29 is 0 Å². The summed E-state index contributed by atoms with van der Waals surface area (Å²) in [5.74, 6) is 0.762. The van der Waals surface area contributed by atoms with E-state index >= 15 is 0 Å². The van der Waals surface area contributed by atoms with E-state index in [-0.39, 0.29) is 5.69 Å². The second kappa shape index (κ2) is 3.13. The van der Waals surface area contributed by atoms with Gasteiger partial charge in [0.25, 0.3) is 0 Å². The minimum absolute atomic E-state index is 0.0481. The Bertz CT molecular complexity index is 492. The van der Waals surface area contributed by atoms with E-state index in [1.165, 1.54) is 4.57 Å². The minimum Gasteiger partial charge on any atom is -0.319 e. The maximum atomic E-state index is 11.5. The summed E-state index contributed by atoms with van der Waals surface area (Å²) in [7, 11) is 3.57. The first-order valence-corrected chi connectivity index (χ1v) is 4.23. The van der Waals surface area contributed by atoms with Crippen LogP contribution in [0.4, 0.5) is 0 Å². The third-order valence-electron chi connectivity index (χ3n) is 2.13. The summed E-state index contributed by atoms with van der Waals surface area (Å²) in [6.07, 6.45) is 5.07. The van der Waals surface area contributed by atoms with Gasteiger partial charge in [-0.15, -0.1) is 10.2 Å². The highest BCUT2D eigenvalue weighted by atomic mass is 16.1. The van der Waals surface area contributed by atoms with Crippen molar-refractivity contribution in [3.8, 4) is 0 Å². The van der Waals surface area contributed by atoms with Crippen molar-refractivity contribution in [3.05, 3.63) is 35.0 Å². The van der Waals surface area contributed by atoms with Crippen molar-refractivity contribution in [2.75, 3.05) is 0 Å². The van der Waals surface area contributed by atoms with Crippen LogP contribution in [0.3, 0.4) is 0 Å². The van der Waals surface area contributed by atoms with Crippen LogP contribution >= 0.6 is 0 Å². The van der Waals surface area contributed by atoms with Gasteiger partial charge in [-0.2, -0.15) is 0 Å². The molecule has 14 heavy (non-hydrogen) atoms. The van der Waals surface area contributed by atoms with Gasteiger partial charge in [-0.1, -0.05) is 0 Å². The molecule has 74 valence electrons. The Kier molecular flexibility index (Phi) is 1.95. The third kappa shape index (κ3) is 1.34. The average Bonchev–Trinajstić information content (AvgIpc) is 2.68. The predicted octanol–water partition coefficient (Wildman–Crippen LogP) is -0.636. The molecule has 0 saturated heterocycles. The fourth-order valence-electron chi connectivity index (χ4n) is 1.23. The van der Waals surface area contributed by atoms with Gasteiger partial charge in [0, 0.05) is 26.5 Å². The second-order valence-electron chi connectivity index (χ2n) is 3.18. The number of aryl methyl sites for hydroxylation is 2. The van der Waals surface area contributed by atoms with Crippen molar-refractivity contribution in [2.45, 2.75) is 6.54 Å². The molecule has 0 bridgehead atoms. The molecule has 0 aliphatic heterocycles. The summed E-state index contributed by atoms with van der Waals surface area (Å²) in [4.78, 5) is 11.5. The van der Waals surface area contributed by atoms with E-state index in [0.29, 0.717) is 6.54 Å². The van der Waals surface area contributed by atoms with E-state index < -0.39 is 0 Å². The molecule has 0 atom stereocenters. The van der Waals surface area contributed by atoms with E-state index in [0.717, 1.165) is 5.82 Å². The highest BCUT2D eigenvalue weighted by molar-refractivity contribution is 4.89. The number of nitrogens with zero attached hydrogens (tertiary/aromatic N) is 5. The molecular weight excluding hydrogens is 182 g/mol. The molecule has 0 spiro atoms. The molecule has 2 rings (SSSR count). The van der Waals surface area contributed by atoms with E-state index in [1.807, 2.05) is 7.05 Å². The molecule has 2 heterocycles. The maximum absolute atomic E-state index is 11.5. The Morgan fingerprint density at radius 3 is 2.57 bits per heavy atom. The first-order valence-electron chi connectivity index (χ1n) is 4.23. The maximum Gasteiger partial charge on any atom is 0.328 e. The lowest BCUT2D eigenvalue weighted by molar-refractivity contribution is 0.659. The quantitative estimate of drug-likeness (QED) is 0.637. The summed E-state index contributed by atoms with van der Waals surface area (Å²) < 4.78 is 4.90. The molecule has 0 N–H and O–H groups in total. The molecule has 0 radical (unpaired) electrons. The summed E-state index contributed by atoms with van der Waals surface area (Å²) in [6, 6.07) is 0. The van der Waals surface area contributed by atoms with Gasteiger partial charge in [-0.3, -0.25) is 4.57 Å². The van der Waals surface area contributed by atoms with Crippen LogP contribution in [0.2, 0.25) is 0 Å². The number of rotatable bonds is 2. The van der Waals surface area contributed by atoms with E-state index in [1.54, 1.807) is 34.9 Å². The van der Waals surface area contributed by atoms with Crippen LogP contribution in [0.1, 0.15) is 5.82 Å². The summed E-state index contributed by atoms with van der Waals surface area (Å²) >= 11 is 0. The predicted molar refractivity (Wildman–Crippen MR) is 49.8 cm³/mol. The lowest BCUT2D eigenvalue weighted by Gasteiger charge is -1.99. The van der Waals surface area contributed by atoms with Crippen molar-refractivity contribution in [2.24, 2.45) is 14.1 Å². The number of hydrogen-bond donors (Lipinski definition) is 0. The standard InChI is InChI=1S/C8H11N5O/c1-11-3-4-13(8(11)14)5-7-10-9-6-12(7)2/h3-4,6H,5H2,1-2H3. The van der Waals surface area contributed by atoms with Crippen LogP contribution in [0.25, 0.3) is 0 Å². The van der Waals surface area contributed by atoms with Gasteiger partial charge in [0.2, 0.25) is 0 Å². The fourth-order valence-corrected chi connectivity index (χ4v) is 1.23. The number of aromatic nitrogens is 5. The van der Waals surface area contributed by atoms with Gasteiger partial charge in [-0.25, -0.2) is 4.79 Å². The Morgan fingerprint density at radius 2 is 2.07 bits per heavy atom. The first kappa shape index (κ1) is 8.74. The molecule has 0 aromatic carbocycles. The van der Waals surface area contributed by atoms with E-state index in [9.17, 15) is 4.79 Å². The minimum atomic E-state index is -0.0481. The molecule has 0 saturated carbocycles. The summed E-state index contributed by atoms with van der Waals surface area (Å²) in [6.45, 7) is 0.455. The normalized spacial score (nSPS) is 10.7. The van der Waals surface area contributed by atoms with Crippen molar-refractivity contribution in [1.29, 1.82) is 0 Å². The first-order chi connectivity index (χ1) is 6.68. The largest absolute Gasteiger partial charge is 0.328 e. The van der Waals surface area contributed by atoms with Crippen LogP contribution in [0, 0.1) is 0 Å². The van der Waals surface area contributed by atoms with Gasteiger partial charge in [-0.05, 0) is 0 Å². The topological polar surface area (TPSA) is 57.6 Å². The Balaban J connectivity index is 2.32. The van der Waals surface area contributed by atoms with Gasteiger partial charge >= 0.3 is 5.69 Å². The van der Waals surface area contributed by atoms with Gasteiger partial charge in [0.1, 0.15) is 6.33 Å². The lowest BCUT2D eigenvalue weighted by Crippen LogP contribution is -2.23. The molecule has 6 heteroatoms. The highest BCUT2D eigenvalue weighted by Crippen LogP contribution is 1.94. The molecule has 6 nitrogen and oxygen atoms in total. The average molecular weight is 193 g/mol. The van der Waals surface area contributed by atoms with Crippen LogP contribution in [0.15, 0.2) is 23.5 Å². The fraction of sp³-hybridized carbons (Fsp3) is 0.375. The molecule has 0 aliphatic rings. The molecular formula is C8H11N5O. The van der Waals surface area contributed by atoms with Gasteiger partial charge in [0.05, 0.1) is 6.54 Å². The SMILES string of the molecule is Cn1cnnc1Cn1ccn(C)c1=O. The zero-order chi connectivity index (χ0) is 10.1. The summed E-state index contributed by atoms with van der Waals surface area (Å²) in [5, 5.41) is 7.65. The molecule has 0 aliphatic carbocycles. The highest BCUT2D eigenvalue weighted by Gasteiger charge is 2.04. The molecule has 0 fully saturated rings. The zero-order valence-electron chi connectivity index (χ0n) is 8.08. The molecule has 2 aromatic rings. The molecule has 0 amide bonds. The van der Waals surface area contributed by atoms with E-state index in [4.69, 9.17) is 0 Å². The van der Waals surface area contributed by atoms with Crippen molar-refractivity contribution >= 4 is 0 Å². The van der Waals surface area contributed by atoms with Gasteiger partial charge in [0.15, 0.2) is 5.82 Å². The lowest BCUT2D eigenvalue weighted by atomic mass is 10.6. The van der Waals surface area contributed by atoms with E-state index in [2.05, 4.69) is 10.2 Å². The number of imidazole rings is 1. The smallest absolute Gasteiger partial charge is 0.319 e. The molecule has 2 aromatic heterocycles. The Morgan fingerprint density at radius 1 is 1.29 bits per heavy atom. The zero-order valence-corrected chi connectivity index (χ0v) is 8.08. The number of hydrogen-bond acceptors (Lipinski definition) is 3. The Labute approximate surface area is 80.4 Å². The second-order valence-corrected chi connectivity index (χ2v) is 3.18. The Hall–Kier alpha value is -1.85. The van der Waals surface area contributed by atoms with Crippen LogP contribution < -0.4 is 5.69 Å². The van der Waals surface area contributed by atoms with Crippen molar-refractivity contribution in [1.82, 2.24) is 23.9 Å². The van der Waals surface area contributed by atoms with Gasteiger partial charge < -0.3 is 9.13 Å². The van der Waals surface area contributed by atoms with Crippen LogP contribution in [0.5, 0.6) is 0 Å². The third-order valence-corrected chi connectivity index (χ3v) is 2.13. The van der Waals surface area contributed by atoms with Crippen LogP contribution in [-0.2, 0) is 20.6 Å². The van der Waals surface area contributed by atoms with Crippen molar-refractivity contribution in [3.63, 3.8) is 0 Å². The summed E-state index contributed by atoms with van der Waals surface area (Å²) in [5.41, 5.74) is -0.0481. The van der Waals surface area contributed by atoms with Crippen LogP contribution in [-0.4, -0.2) is 23.9 Å². The monoisotopic (exact) mass is 193 g/mol. The molecule has 0 unspecified atom stereocenters.